The second kappa shape index (κ2) is 4.56. The predicted octanol–water partition coefficient (Wildman–Crippen LogP) is 3.20. The number of fused-ring (bicyclic) bond motifs is 1. The lowest BCUT2D eigenvalue weighted by Gasteiger charge is -2.08. The number of nitrogens with zero attached hydrogens (tertiary/aromatic N) is 2. The Morgan fingerprint density at radius 3 is 2.40 bits per heavy atom. The van der Waals surface area contributed by atoms with Gasteiger partial charge in [0.25, 0.3) is 0 Å². The van der Waals surface area contributed by atoms with Crippen LogP contribution in [0.4, 0.5) is 11.4 Å². The van der Waals surface area contributed by atoms with E-state index in [1.54, 1.807) is 6.07 Å². The molecule has 20 heavy (non-hydrogen) atoms. The number of rotatable bonds is 2. The topological polar surface area (TPSA) is 69.9 Å². The van der Waals surface area contributed by atoms with Gasteiger partial charge >= 0.3 is 0 Å². The summed E-state index contributed by atoms with van der Waals surface area (Å²) in [6, 6.07) is 11.9. The molecule has 0 aliphatic heterocycles. The van der Waals surface area contributed by atoms with Crippen LogP contribution in [0.25, 0.3) is 22.4 Å². The first-order valence-corrected chi connectivity index (χ1v) is 6.72. The van der Waals surface area contributed by atoms with E-state index in [-0.39, 0.29) is 0 Å². The Balaban J connectivity index is 2.29. The highest BCUT2D eigenvalue weighted by Gasteiger charge is 2.12. The Morgan fingerprint density at radius 2 is 1.75 bits per heavy atom. The van der Waals surface area contributed by atoms with Gasteiger partial charge in [0.05, 0.1) is 11.0 Å². The van der Waals surface area contributed by atoms with Crippen molar-refractivity contribution in [3.63, 3.8) is 0 Å². The summed E-state index contributed by atoms with van der Waals surface area (Å²) in [4.78, 5) is 4.75. The third-order valence-corrected chi connectivity index (χ3v) is 3.46. The molecule has 0 aliphatic carbocycles. The molecule has 4 N–H and O–H groups in total. The van der Waals surface area contributed by atoms with Crippen molar-refractivity contribution < 1.29 is 0 Å². The molecule has 0 unspecified atom stereocenters. The summed E-state index contributed by atoms with van der Waals surface area (Å²) in [6.07, 6.45) is 0. The molecule has 0 amide bonds. The minimum Gasteiger partial charge on any atom is -0.399 e. The van der Waals surface area contributed by atoms with E-state index in [0.29, 0.717) is 11.4 Å². The van der Waals surface area contributed by atoms with Crippen molar-refractivity contribution >= 4 is 22.4 Å². The van der Waals surface area contributed by atoms with Gasteiger partial charge in [0.15, 0.2) is 0 Å². The highest BCUT2D eigenvalue weighted by molar-refractivity contribution is 5.82. The molecule has 4 heteroatoms. The van der Waals surface area contributed by atoms with Crippen molar-refractivity contribution in [3.8, 4) is 11.4 Å². The van der Waals surface area contributed by atoms with Crippen molar-refractivity contribution in [2.24, 2.45) is 0 Å². The van der Waals surface area contributed by atoms with E-state index in [0.717, 1.165) is 29.0 Å². The Bertz CT molecular complexity index is 766. The maximum atomic E-state index is 5.89. The van der Waals surface area contributed by atoms with Crippen LogP contribution in [0.15, 0.2) is 36.4 Å². The number of hydrogen-bond acceptors (Lipinski definition) is 3. The van der Waals surface area contributed by atoms with E-state index in [1.807, 2.05) is 12.1 Å². The zero-order chi connectivity index (χ0) is 14.3. The summed E-state index contributed by atoms with van der Waals surface area (Å²) in [5.74, 6) is 0.909. The summed E-state index contributed by atoms with van der Waals surface area (Å²) in [7, 11) is 0. The van der Waals surface area contributed by atoms with Gasteiger partial charge in [-0.05, 0) is 49.7 Å². The van der Waals surface area contributed by atoms with Crippen LogP contribution in [-0.4, -0.2) is 9.55 Å². The number of benzene rings is 2. The third-order valence-electron chi connectivity index (χ3n) is 3.46. The molecule has 0 spiro atoms. The van der Waals surface area contributed by atoms with Gasteiger partial charge in [-0.3, -0.25) is 0 Å². The van der Waals surface area contributed by atoms with Gasteiger partial charge in [0.1, 0.15) is 5.82 Å². The van der Waals surface area contributed by atoms with E-state index in [4.69, 9.17) is 16.5 Å². The lowest BCUT2D eigenvalue weighted by molar-refractivity contribution is 0.796. The van der Waals surface area contributed by atoms with Crippen LogP contribution in [0, 0.1) is 6.92 Å². The molecule has 1 aromatic heterocycles. The van der Waals surface area contributed by atoms with Crippen molar-refractivity contribution in [2.75, 3.05) is 11.5 Å². The lowest BCUT2D eigenvalue weighted by atomic mass is 10.1. The zero-order valence-electron chi connectivity index (χ0n) is 11.7. The van der Waals surface area contributed by atoms with E-state index < -0.39 is 0 Å². The maximum absolute atomic E-state index is 5.89. The van der Waals surface area contributed by atoms with Crippen LogP contribution >= 0.6 is 0 Å². The Kier molecular flexibility index (Phi) is 2.86. The van der Waals surface area contributed by atoms with Gasteiger partial charge in [-0.1, -0.05) is 6.07 Å². The minimum atomic E-state index is 0.658. The first-order valence-electron chi connectivity index (χ1n) is 6.72. The summed E-state index contributed by atoms with van der Waals surface area (Å²) < 4.78 is 2.18. The highest BCUT2D eigenvalue weighted by atomic mass is 15.1. The maximum Gasteiger partial charge on any atom is 0.141 e. The van der Waals surface area contributed by atoms with Crippen LogP contribution < -0.4 is 11.5 Å². The molecule has 0 radical (unpaired) electrons. The quantitative estimate of drug-likeness (QED) is 0.700. The number of aryl methyl sites for hydroxylation is 2. The lowest BCUT2D eigenvalue weighted by Crippen LogP contribution is -1.99. The highest BCUT2D eigenvalue weighted by Crippen LogP contribution is 2.28. The van der Waals surface area contributed by atoms with Crippen molar-refractivity contribution in [1.29, 1.82) is 0 Å². The Morgan fingerprint density at radius 1 is 1.05 bits per heavy atom. The molecule has 4 nitrogen and oxygen atoms in total. The summed E-state index contributed by atoms with van der Waals surface area (Å²) in [6.45, 7) is 5.03. The third kappa shape index (κ3) is 1.99. The van der Waals surface area contributed by atoms with Crippen LogP contribution in [0.3, 0.4) is 0 Å². The van der Waals surface area contributed by atoms with Crippen molar-refractivity contribution in [1.82, 2.24) is 9.55 Å². The fourth-order valence-electron chi connectivity index (χ4n) is 2.59. The molecule has 0 fully saturated rings. The van der Waals surface area contributed by atoms with Gasteiger partial charge in [-0.2, -0.15) is 0 Å². The molecule has 1 heterocycles. The summed E-state index contributed by atoms with van der Waals surface area (Å²) >= 11 is 0. The number of hydrogen-bond donors (Lipinski definition) is 2. The molecular weight excluding hydrogens is 248 g/mol. The molecule has 0 atom stereocenters. The molecule has 3 aromatic rings. The number of imidazole rings is 1. The minimum absolute atomic E-state index is 0.658. The molecule has 3 rings (SSSR count). The first-order chi connectivity index (χ1) is 9.58. The molecule has 0 bridgehead atoms. The van der Waals surface area contributed by atoms with Gasteiger partial charge in [0.2, 0.25) is 0 Å². The van der Waals surface area contributed by atoms with Crippen LogP contribution in [-0.2, 0) is 6.54 Å². The standard InChI is InChI=1S/C16H18N4/c1-3-20-15-5-4-10(2)6-14(15)19-16(20)11-7-12(17)9-13(18)8-11/h4-9H,3,17-18H2,1-2H3. The van der Waals surface area contributed by atoms with Gasteiger partial charge in [-0.25, -0.2) is 4.98 Å². The van der Waals surface area contributed by atoms with Crippen molar-refractivity contribution in [2.45, 2.75) is 20.4 Å². The second-order valence-corrected chi connectivity index (χ2v) is 5.06. The summed E-state index contributed by atoms with van der Waals surface area (Å²) in [5, 5.41) is 0. The van der Waals surface area contributed by atoms with Gasteiger partial charge < -0.3 is 16.0 Å². The van der Waals surface area contributed by atoms with E-state index in [2.05, 4.69) is 36.6 Å². The van der Waals surface area contributed by atoms with Crippen LogP contribution in [0.5, 0.6) is 0 Å². The predicted molar refractivity (Wildman–Crippen MR) is 84.4 cm³/mol. The van der Waals surface area contributed by atoms with E-state index in [9.17, 15) is 0 Å². The molecule has 2 aromatic carbocycles. The average molecular weight is 266 g/mol. The van der Waals surface area contributed by atoms with Crippen molar-refractivity contribution in [3.05, 3.63) is 42.0 Å². The molecule has 102 valence electrons. The average Bonchev–Trinajstić information content (AvgIpc) is 2.75. The molecule has 0 saturated carbocycles. The molecule has 0 aliphatic rings. The Labute approximate surface area is 118 Å². The number of nitrogen functional groups attached to an aromatic ring is 2. The first kappa shape index (κ1) is 12.5. The van der Waals surface area contributed by atoms with Gasteiger partial charge in [-0.15, -0.1) is 0 Å². The van der Waals surface area contributed by atoms with Gasteiger partial charge in [0, 0.05) is 23.5 Å². The monoisotopic (exact) mass is 266 g/mol. The van der Waals surface area contributed by atoms with E-state index in [1.165, 1.54) is 5.56 Å². The normalized spacial score (nSPS) is 11.1. The number of nitrogens with two attached hydrogens (primary N) is 2. The Hall–Kier alpha value is -2.49. The summed E-state index contributed by atoms with van der Waals surface area (Å²) in [5.41, 5.74) is 17.4. The number of aromatic nitrogens is 2. The molecule has 0 saturated heterocycles. The van der Waals surface area contributed by atoms with Crippen LogP contribution in [0.1, 0.15) is 12.5 Å². The fraction of sp³-hybridized carbons (Fsp3) is 0.188. The second-order valence-electron chi connectivity index (χ2n) is 5.06. The smallest absolute Gasteiger partial charge is 0.141 e. The fourth-order valence-corrected chi connectivity index (χ4v) is 2.59. The number of anilines is 2. The zero-order valence-corrected chi connectivity index (χ0v) is 11.7. The molecular formula is C16H18N4. The van der Waals surface area contributed by atoms with Crippen LogP contribution in [0.2, 0.25) is 0 Å². The SMILES string of the molecule is CCn1c(-c2cc(N)cc(N)c2)nc2cc(C)ccc21. The van der Waals surface area contributed by atoms with E-state index >= 15 is 0 Å². The largest absolute Gasteiger partial charge is 0.399 e.